The molecule has 0 radical (unpaired) electrons. The van der Waals surface area contributed by atoms with E-state index in [1.54, 1.807) is 7.11 Å². The maximum Gasteiger partial charge on any atom is 0.251 e. The molecule has 3 unspecified atom stereocenters. The Bertz CT molecular complexity index is 634. The lowest BCUT2D eigenvalue weighted by atomic mass is 9.89. The van der Waals surface area contributed by atoms with Crippen molar-refractivity contribution < 1.29 is 14.3 Å². The summed E-state index contributed by atoms with van der Waals surface area (Å²) in [4.78, 5) is 26.0. The Morgan fingerprint density at radius 3 is 2.81 bits per heavy atom. The molecular weight excluding hydrogens is 332 g/mol. The fraction of sp³-hybridized carbons (Fsp3) is 0.579. The second kappa shape index (κ2) is 8.62. The number of nitrogens with two attached hydrogens (primary N) is 1. The minimum absolute atomic E-state index is 0.00170. The molecule has 2 amide bonds. The number of hydrogen-bond donors (Lipinski definition) is 3. The van der Waals surface area contributed by atoms with Gasteiger partial charge in [-0.05, 0) is 37.0 Å². The number of amides is 2. The molecule has 1 aromatic carbocycles. The molecule has 3 atom stereocenters. The van der Waals surface area contributed by atoms with Crippen LogP contribution >= 0.6 is 0 Å². The Morgan fingerprint density at radius 1 is 1.35 bits per heavy atom. The Kier molecular flexibility index (Phi) is 6.24. The molecule has 1 saturated carbocycles. The van der Waals surface area contributed by atoms with E-state index in [9.17, 15) is 9.59 Å². The highest BCUT2D eigenvalue weighted by molar-refractivity contribution is 5.94. The fourth-order valence-corrected chi connectivity index (χ4v) is 3.67. The third kappa shape index (κ3) is 4.81. The van der Waals surface area contributed by atoms with E-state index in [4.69, 9.17) is 10.5 Å². The van der Waals surface area contributed by atoms with Gasteiger partial charge in [0, 0.05) is 44.4 Å². The van der Waals surface area contributed by atoms with Crippen LogP contribution in [0, 0.1) is 0 Å². The predicted octanol–water partition coefficient (Wildman–Crippen LogP) is 0.243. The van der Waals surface area contributed by atoms with Gasteiger partial charge in [0.1, 0.15) is 0 Å². The van der Waals surface area contributed by atoms with Crippen molar-refractivity contribution in [3.63, 3.8) is 0 Å². The van der Waals surface area contributed by atoms with E-state index in [-0.39, 0.29) is 30.0 Å². The first-order valence-electron chi connectivity index (χ1n) is 9.22. The van der Waals surface area contributed by atoms with E-state index in [2.05, 4.69) is 15.5 Å². The van der Waals surface area contributed by atoms with E-state index >= 15 is 0 Å². The minimum atomic E-state index is -0.0655. The molecule has 3 rings (SSSR count). The largest absolute Gasteiger partial charge is 0.380 e. The lowest BCUT2D eigenvalue weighted by molar-refractivity contribution is -0.124. The molecule has 1 aromatic rings. The summed E-state index contributed by atoms with van der Waals surface area (Å²) in [6.45, 7) is 2.67. The smallest absolute Gasteiger partial charge is 0.251 e. The van der Waals surface area contributed by atoms with Crippen LogP contribution in [0.1, 0.15) is 35.2 Å². The van der Waals surface area contributed by atoms with Crippen molar-refractivity contribution in [1.29, 1.82) is 0 Å². The molecule has 2 aliphatic rings. The monoisotopic (exact) mass is 360 g/mol. The second-order valence-corrected chi connectivity index (χ2v) is 7.18. The number of carbonyl (C=O) groups excluding carboxylic acids is 2. The summed E-state index contributed by atoms with van der Waals surface area (Å²) in [6.07, 6.45) is 2.48. The molecule has 2 fully saturated rings. The van der Waals surface area contributed by atoms with E-state index in [0.29, 0.717) is 25.2 Å². The van der Waals surface area contributed by atoms with Crippen molar-refractivity contribution in [2.75, 3.05) is 26.7 Å². The number of benzene rings is 1. The van der Waals surface area contributed by atoms with Crippen molar-refractivity contribution >= 4 is 11.8 Å². The van der Waals surface area contributed by atoms with Crippen molar-refractivity contribution in [2.45, 2.75) is 44.0 Å². The molecule has 142 valence electrons. The summed E-state index contributed by atoms with van der Waals surface area (Å²) in [7, 11) is 1.67. The van der Waals surface area contributed by atoms with Gasteiger partial charge in [-0.15, -0.1) is 0 Å². The SMILES string of the molecule is COC1CC(NC(=O)c2ccc(CN3CCNC(=O)C3)cc2)CCC1N. The Balaban J connectivity index is 1.53. The summed E-state index contributed by atoms with van der Waals surface area (Å²) in [6, 6.07) is 7.74. The van der Waals surface area contributed by atoms with Crippen LogP contribution in [0.25, 0.3) is 0 Å². The molecule has 0 aromatic heterocycles. The third-order valence-corrected chi connectivity index (χ3v) is 5.22. The zero-order valence-corrected chi connectivity index (χ0v) is 15.2. The maximum absolute atomic E-state index is 12.5. The third-order valence-electron chi connectivity index (χ3n) is 5.22. The van der Waals surface area contributed by atoms with Gasteiger partial charge in [-0.1, -0.05) is 12.1 Å². The molecule has 7 heteroatoms. The van der Waals surface area contributed by atoms with Crippen LogP contribution in [0.3, 0.4) is 0 Å². The standard InChI is InChI=1S/C19H28N4O3/c1-26-17-10-15(6-7-16(17)20)22-19(25)14-4-2-13(3-5-14)11-23-9-8-21-18(24)12-23/h2-5,15-17H,6-12,20H2,1H3,(H,21,24)(H,22,25). The summed E-state index contributed by atoms with van der Waals surface area (Å²) >= 11 is 0. The second-order valence-electron chi connectivity index (χ2n) is 7.18. The number of ether oxygens (including phenoxy) is 1. The Morgan fingerprint density at radius 2 is 2.12 bits per heavy atom. The highest BCUT2D eigenvalue weighted by atomic mass is 16.5. The van der Waals surface area contributed by atoms with Crippen LogP contribution in [0.5, 0.6) is 0 Å². The molecule has 0 bridgehead atoms. The quantitative estimate of drug-likeness (QED) is 0.699. The van der Waals surface area contributed by atoms with Crippen LogP contribution in [-0.4, -0.2) is 61.6 Å². The van der Waals surface area contributed by atoms with E-state index in [1.807, 2.05) is 24.3 Å². The van der Waals surface area contributed by atoms with Crippen LogP contribution in [-0.2, 0) is 16.1 Å². The molecule has 0 spiro atoms. The van der Waals surface area contributed by atoms with Crippen molar-refractivity contribution in [2.24, 2.45) is 5.73 Å². The minimum Gasteiger partial charge on any atom is -0.380 e. The number of rotatable bonds is 5. The average Bonchev–Trinajstić information content (AvgIpc) is 2.64. The van der Waals surface area contributed by atoms with Crippen molar-refractivity contribution in [3.8, 4) is 0 Å². The van der Waals surface area contributed by atoms with E-state index in [0.717, 1.165) is 31.4 Å². The molecule has 1 heterocycles. The van der Waals surface area contributed by atoms with Crippen LogP contribution < -0.4 is 16.4 Å². The summed E-state index contributed by atoms with van der Waals surface area (Å²) in [5.74, 6) is -0.00182. The van der Waals surface area contributed by atoms with E-state index < -0.39 is 0 Å². The van der Waals surface area contributed by atoms with Gasteiger partial charge >= 0.3 is 0 Å². The lowest BCUT2D eigenvalue weighted by Gasteiger charge is -2.33. The molecule has 26 heavy (non-hydrogen) atoms. The topological polar surface area (TPSA) is 96.7 Å². The van der Waals surface area contributed by atoms with Gasteiger partial charge < -0.3 is 21.1 Å². The average molecular weight is 360 g/mol. The summed E-state index contributed by atoms with van der Waals surface area (Å²) in [5, 5.41) is 5.91. The molecule has 4 N–H and O–H groups in total. The Hall–Kier alpha value is -1.96. The van der Waals surface area contributed by atoms with E-state index in [1.165, 1.54) is 0 Å². The molecule has 1 aliphatic heterocycles. The highest BCUT2D eigenvalue weighted by Crippen LogP contribution is 2.20. The van der Waals surface area contributed by atoms with Gasteiger partial charge in [0.25, 0.3) is 5.91 Å². The summed E-state index contributed by atoms with van der Waals surface area (Å²) in [5.41, 5.74) is 7.77. The highest BCUT2D eigenvalue weighted by Gasteiger charge is 2.29. The summed E-state index contributed by atoms with van der Waals surface area (Å²) < 4.78 is 5.41. The number of methoxy groups -OCH3 is 1. The first-order valence-corrected chi connectivity index (χ1v) is 9.22. The maximum atomic E-state index is 12.5. The van der Waals surface area contributed by atoms with Crippen molar-refractivity contribution in [3.05, 3.63) is 35.4 Å². The van der Waals surface area contributed by atoms with Gasteiger partial charge in [0.15, 0.2) is 0 Å². The van der Waals surface area contributed by atoms with Gasteiger partial charge in [0.05, 0.1) is 12.6 Å². The molecular formula is C19H28N4O3. The normalized spacial score (nSPS) is 27.0. The number of carbonyl (C=O) groups is 2. The van der Waals surface area contributed by atoms with Gasteiger partial charge in [-0.25, -0.2) is 0 Å². The first-order chi connectivity index (χ1) is 12.5. The first kappa shape index (κ1) is 18.8. The molecule has 7 nitrogen and oxygen atoms in total. The van der Waals surface area contributed by atoms with Crippen LogP contribution in [0.4, 0.5) is 0 Å². The van der Waals surface area contributed by atoms with Crippen molar-refractivity contribution in [1.82, 2.24) is 15.5 Å². The van der Waals surface area contributed by atoms with Crippen LogP contribution in [0.15, 0.2) is 24.3 Å². The van der Waals surface area contributed by atoms with Crippen LogP contribution in [0.2, 0.25) is 0 Å². The number of hydrogen-bond acceptors (Lipinski definition) is 5. The fourth-order valence-electron chi connectivity index (χ4n) is 3.67. The molecule has 1 saturated heterocycles. The lowest BCUT2D eigenvalue weighted by Crippen LogP contribution is -2.48. The predicted molar refractivity (Wildman–Crippen MR) is 98.6 cm³/mol. The van der Waals surface area contributed by atoms with Gasteiger partial charge in [-0.2, -0.15) is 0 Å². The van der Waals surface area contributed by atoms with Gasteiger partial charge in [0.2, 0.25) is 5.91 Å². The number of nitrogens with one attached hydrogen (secondary N) is 2. The zero-order valence-electron chi connectivity index (χ0n) is 15.2. The van der Waals surface area contributed by atoms with Gasteiger partial charge in [-0.3, -0.25) is 14.5 Å². The Labute approximate surface area is 154 Å². The number of piperazine rings is 1. The molecule has 1 aliphatic carbocycles. The number of nitrogens with zero attached hydrogens (tertiary/aromatic N) is 1. The zero-order chi connectivity index (χ0) is 18.5.